The zero-order chi connectivity index (χ0) is 19.9. The Morgan fingerprint density at radius 1 is 0.929 bits per heavy atom. The van der Waals surface area contributed by atoms with Gasteiger partial charge in [0.05, 0.1) is 6.20 Å². The Kier molecular flexibility index (Phi) is 6.42. The van der Waals surface area contributed by atoms with Gasteiger partial charge in [-0.2, -0.15) is 10.1 Å². The number of para-hydroxylation sites is 1. The van der Waals surface area contributed by atoms with Gasteiger partial charge >= 0.3 is 0 Å². The molecule has 0 bridgehead atoms. The van der Waals surface area contributed by atoms with Crippen LogP contribution >= 0.6 is 0 Å². The molecule has 146 valence electrons. The van der Waals surface area contributed by atoms with E-state index in [4.69, 9.17) is 0 Å². The third-order valence-corrected chi connectivity index (χ3v) is 4.66. The predicted octanol–water partition coefficient (Wildman–Crippen LogP) is 5.33. The third kappa shape index (κ3) is 4.76. The highest BCUT2D eigenvalue weighted by Crippen LogP contribution is 2.26. The highest BCUT2D eigenvalue weighted by molar-refractivity contribution is 5.63. The number of benzene rings is 2. The molecule has 0 aliphatic heterocycles. The minimum atomic E-state index is 0.405. The molecule has 0 amide bonds. The van der Waals surface area contributed by atoms with Gasteiger partial charge in [0, 0.05) is 30.2 Å². The van der Waals surface area contributed by atoms with Gasteiger partial charge in [-0.3, -0.25) is 0 Å². The van der Waals surface area contributed by atoms with Gasteiger partial charge in [-0.25, -0.2) is 0 Å². The summed E-state index contributed by atoms with van der Waals surface area (Å²) in [6.07, 6.45) is 1.62. The van der Waals surface area contributed by atoms with Crippen LogP contribution in [0.3, 0.4) is 0 Å². The number of rotatable bonds is 8. The summed E-state index contributed by atoms with van der Waals surface area (Å²) >= 11 is 0. The fourth-order valence-corrected chi connectivity index (χ4v) is 3.14. The maximum Gasteiger partial charge on any atom is 0.249 e. The molecule has 2 aromatic carbocycles. The molecule has 0 radical (unpaired) electrons. The van der Waals surface area contributed by atoms with Gasteiger partial charge in [-0.15, -0.1) is 5.10 Å². The van der Waals surface area contributed by atoms with Crippen LogP contribution in [0, 0.1) is 0 Å². The van der Waals surface area contributed by atoms with E-state index >= 15 is 0 Å². The lowest BCUT2D eigenvalue weighted by Crippen LogP contribution is -2.21. The molecule has 0 unspecified atom stereocenters. The first kappa shape index (κ1) is 19.6. The average molecular weight is 377 g/mol. The van der Waals surface area contributed by atoms with Gasteiger partial charge < -0.3 is 15.5 Å². The SMILES string of the molecule is CCN(CC)c1ccc(Nc2cnnc(Nc3ccccc3C(C)C)n2)cc1. The van der Waals surface area contributed by atoms with E-state index in [9.17, 15) is 0 Å². The maximum atomic E-state index is 4.55. The van der Waals surface area contributed by atoms with Crippen LogP contribution in [0.2, 0.25) is 0 Å². The number of anilines is 5. The van der Waals surface area contributed by atoms with Crippen molar-refractivity contribution in [1.29, 1.82) is 0 Å². The van der Waals surface area contributed by atoms with Crippen molar-refractivity contribution in [2.75, 3.05) is 28.6 Å². The molecule has 3 aromatic rings. The Balaban J connectivity index is 1.74. The van der Waals surface area contributed by atoms with Gasteiger partial charge in [-0.05, 0) is 55.7 Å². The molecule has 6 nitrogen and oxygen atoms in total. The molecule has 6 heteroatoms. The van der Waals surface area contributed by atoms with Crippen molar-refractivity contribution in [1.82, 2.24) is 15.2 Å². The van der Waals surface area contributed by atoms with Crippen molar-refractivity contribution >= 4 is 28.8 Å². The van der Waals surface area contributed by atoms with Crippen LogP contribution in [-0.4, -0.2) is 28.3 Å². The molecular formula is C22H28N6. The number of aromatic nitrogens is 3. The van der Waals surface area contributed by atoms with Crippen molar-refractivity contribution in [2.24, 2.45) is 0 Å². The molecule has 0 saturated carbocycles. The lowest BCUT2D eigenvalue weighted by molar-refractivity contribution is 0.866. The lowest BCUT2D eigenvalue weighted by Gasteiger charge is -2.21. The molecule has 0 aliphatic carbocycles. The summed E-state index contributed by atoms with van der Waals surface area (Å²) in [5.74, 6) is 1.52. The second kappa shape index (κ2) is 9.17. The maximum absolute atomic E-state index is 4.55. The number of nitrogens with one attached hydrogen (secondary N) is 2. The lowest BCUT2D eigenvalue weighted by atomic mass is 10.0. The fourth-order valence-electron chi connectivity index (χ4n) is 3.14. The molecule has 1 aromatic heterocycles. The molecule has 0 atom stereocenters. The van der Waals surface area contributed by atoms with Crippen LogP contribution in [0.15, 0.2) is 54.7 Å². The molecule has 3 rings (SSSR count). The minimum Gasteiger partial charge on any atom is -0.372 e. The average Bonchev–Trinajstić information content (AvgIpc) is 2.71. The number of hydrogen-bond donors (Lipinski definition) is 2. The second-order valence-electron chi connectivity index (χ2n) is 6.88. The molecule has 0 aliphatic rings. The van der Waals surface area contributed by atoms with Gasteiger partial charge in [-0.1, -0.05) is 32.0 Å². The molecule has 0 spiro atoms. The molecule has 2 N–H and O–H groups in total. The van der Waals surface area contributed by atoms with Crippen molar-refractivity contribution < 1.29 is 0 Å². The zero-order valence-electron chi connectivity index (χ0n) is 17.0. The summed E-state index contributed by atoms with van der Waals surface area (Å²) in [6, 6.07) is 16.5. The molecule has 1 heterocycles. The highest BCUT2D eigenvalue weighted by atomic mass is 15.3. The standard InChI is InChI=1S/C22H28N6/c1-5-28(6-2)18-13-11-17(12-14-18)24-21-15-23-27-22(26-21)25-20-10-8-7-9-19(20)16(3)4/h7-16H,5-6H2,1-4H3,(H2,24,25,26,27). The fraction of sp³-hybridized carbons (Fsp3) is 0.318. The Labute approximate surface area is 167 Å². The van der Waals surface area contributed by atoms with Crippen LogP contribution in [0.4, 0.5) is 28.8 Å². The first-order valence-corrected chi connectivity index (χ1v) is 9.78. The Bertz CT molecular complexity index is 888. The number of hydrogen-bond acceptors (Lipinski definition) is 6. The second-order valence-corrected chi connectivity index (χ2v) is 6.88. The van der Waals surface area contributed by atoms with Crippen molar-refractivity contribution in [3.05, 3.63) is 60.3 Å². The molecule has 0 saturated heterocycles. The van der Waals surface area contributed by atoms with E-state index in [1.54, 1.807) is 6.20 Å². The minimum absolute atomic E-state index is 0.405. The zero-order valence-corrected chi connectivity index (χ0v) is 17.0. The van der Waals surface area contributed by atoms with Crippen LogP contribution in [-0.2, 0) is 0 Å². The van der Waals surface area contributed by atoms with Gasteiger partial charge in [0.25, 0.3) is 0 Å². The molecular weight excluding hydrogens is 348 g/mol. The van der Waals surface area contributed by atoms with E-state index in [0.29, 0.717) is 17.7 Å². The Hall–Kier alpha value is -3.15. The topological polar surface area (TPSA) is 66.0 Å². The van der Waals surface area contributed by atoms with E-state index in [-0.39, 0.29) is 0 Å². The van der Waals surface area contributed by atoms with E-state index in [0.717, 1.165) is 24.5 Å². The van der Waals surface area contributed by atoms with Crippen LogP contribution in [0.5, 0.6) is 0 Å². The summed E-state index contributed by atoms with van der Waals surface area (Å²) in [4.78, 5) is 6.86. The quantitative estimate of drug-likeness (QED) is 0.554. The summed E-state index contributed by atoms with van der Waals surface area (Å²) in [7, 11) is 0. The van der Waals surface area contributed by atoms with Crippen molar-refractivity contribution in [2.45, 2.75) is 33.6 Å². The van der Waals surface area contributed by atoms with Gasteiger partial charge in [0.2, 0.25) is 5.95 Å². The first-order chi connectivity index (χ1) is 13.6. The molecule has 28 heavy (non-hydrogen) atoms. The summed E-state index contributed by atoms with van der Waals surface area (Å²) in [5, 5.41) is 14.8. The predicted molar refractivity (Wildman–Crippen MR) is 117 cm³/mol. The largest absolute Gasteiger partial charge is 0.372 e. The van der Waals surface area contributed by atoms with Crippen LogP contribution in [0.1, 0.15) is 39.2 Å². The van der Waals surface area contributed by atoms with E-state index < -0.39 is 0 Å². The van der Waals surface area contributed by atoms with E-state index in [2.05, 4.69) is 88.7 Å². The number of nitrogens with zero attached hydrogens (tertiary/aromatic N) is 4. The van der Waals surface area contributed by atoms with Gasteiger partial charge in [0.15, 0.2) is 5.82 Å². The van der Waals surface area contributed by atoms with Crippen molar-refractivity contribution in [3.8, 4) is 0 Å². The summed E-state index contributed by atoms with van der Waals surface area (Å²) in [6.45, 7) is 10.6. The smallest absolute Gasteiger partial charge is 0.249 e. The molecule has 0 fully saturated rings. The third-order valence-electron chi connectivity index (χ3n) is 4.66. The van der Waals surface area contributed by atoms with Crippen LogP contribution in [0.25, 0.3) is 0 Å². The van der Waals surface area contributed by atoms with E-state index in [1.807, 2.05) is 18.2 Å². The summed E-state index contributed by atoms with van der Waals surface area (Å²) in [5.41, 5.74) is 4.39. The Morgan fingerprint density at radius 2 is 1.64 bits per heavy atom. The normalized spacial score (nSPS) is 10.8. The highest BCUT2D eigenvalue weighted by Gasteiger charge is 2.08. The van der Waals surface area contributed by atoms with E-state index in [1.165, 1.54) is 11.3 Å². The van der Waals surface area contributed by atoms with Crippen LogP contribution < -0.4 is 15.5 Å². The van der Waals surface area contributed by atoms with Gasteiger partial charge in [0.1, 0.15) is 0 Å². The first-order valence-electron chi connectivity index (χ1n) is 9.78. The monoisotopic (exact) mass is 376 g/mol. The Morgan fingerprint density at radius 3 is 2.32 bits per heavy atom. The van der Waals surface area contributed by atoms with Crippen molar-refractivity contribution in [3.63, 3.8) is 0 Å². The summed E-state index contributed by atoms with van der Waals surface area (Å²) < 4.78 is 0.